The molecule has 0 fully saturated rings. The standard InChI is InChI=1S/C23H25ClN2O3/c1-15-11-16(2)19-13-17(22(24)25-20(19)12-15)14-26(9-10-28-3)23(27)18-7-5-6-8-21(18)29-4/h5-8,11-13H,9-10,14H2,1-4H3. The highest BCUT2D eigenvalue weighted by molar-refractivity contribution is 6.30. The third kappa shape index (κ3) is 4.69. The summed E-state index contributed by atoms with van der Waals surface area (Å²) < 4.78 is 10.6. The van der Waals surface area contributed by atoms with Crippen LogP contribution in [0.1, 0.15) is 27.0 Å². The third-order valence-corrected chi connectivity index (χ3v) is 5.19. The number of benzene rings is 2. The van der Waals surface area contributed by atoms with Crippen molar-refractivity contribution in [1.82, 2.24) is 9.88 Å². The molecule has 1 amide bonds. The van der Waals surface area contributed by atoms with E-state index in [1.54, 1.807) is 31.3 Å². The van der Waals surface area contributed by atoms with Gasteiger partial charge in [0.15, 0.2) is 0 Å². The van der Waals surface area contributed by atoms with E-state index in [-0.39, 0.29) is 5.91 Å². The lowest BCUT2D eigenvalue weighted by atomic mass is 10.0. The number of halogens is 1. The Kier molecular flexibility index (Phi) is 6.72. The molecule has 1 heterocycles. The second kappa shape index (κ2) is 9.25. The number of nitrogens with zero attached hydrogens (tertiary/aromatic N) is 2. The van der Waals surface area contributed by atoms with E-state index in [0.717, 1.165) is 27.6 Å². The number of aromatic nitrogens is 1. The molecule has 0 aliphatic carbocycles. The Labute approximate surface area is 176 Å². The van der Waals surface area contributed by atoms with E-state index in [0.29, 0.717) is 36.2 Å². The van der Waals surface area contributed by atoms with Crippen molar-refractivity contribution in [3.05, 3.63) is 69.9 Å². The Morgan fingerprint density at radius 2 is 1.90 bits per heavy atom. The average Bonchev–Trinajstić information content (AvgIpc) is 2.71. The number of rotatable bonds is 7. The van der Waals surface area contributed by atoms with Crippen LogP contribution in [0.3, 0.4) is 0 Å². The molecule has 0 radical (unpaired) electrons. The summed E-state index contributed by atoms with van der Waals surface area (Å²) in [6.07, 6.45) is 0. The Morgan fingerprint density at radius 1 is 1.14 bits per heavy atom. The first kappa shape index (κ1) is 21.1. The van der Waals surface area contributed by atoms with Gasteiger partial charge in [-0.1, -0.05) is 29.8 Å². The van der Waals surface area contributed by atoms with E-state index >= 15 is 0 Å². The fourth-order valence-corrected chi connectivity index (χ4v) is 3.62. The molecule has 0 saturated carbocycles. The summed E-state index contributed by atoms with van der Waals surface area (Å²) in [6, 6.07) is 13.3. The van der Waals surface area contributed by atoms with Gasteiger partial charge in [-0.3, -0.25) is 4.79 Å². The third-order valence-electron chi connectivity index (χ3n) is 4.86. The van der Waals surface area contributed by atoms with Crippen molar-refractivity contribution in [3.8, 4) is 5.75 Å². The van der Waals surface area contributed by atoms with E-state index in [1.165, 1.54) is 0 Å². The molecule has 0 spiro atoms. The summed E-state index contributed by atoms with van der Waals surface area (Å²) in [7, 11) is 3.17. The highest BCUT2D eigenvalue weighted by atomic mass is 35.5. The largest absolute Gasteiger partial charge is 0.496 e. The van der Waals surface area contributed by atoms with Gasteiger partial charge in [0.2, 0.25) is 0 Å². The zero-order chi connectivity index (χ0) is 21.0. The number of ether oxygens (including phenoxy) is 2. The van der Waals surface area contributed by atoms with E-state index < -0.39 is 0 Å². The molecule has 0 saturated heterocycles. The van der Waals surface area contributed by atoms with Gasteiger partial charge < -0.3 is 14.4 Å². The van der Waals surface area contributed by atoms with Crippen LogP contribution in [0.15, 0.2) is 42.5 Å². The van der Waals surface area contributed by atoms with Crippen LogP contribution in [0.25, 0.3) is 10.9 Å². The molecule has 0 N–H and O–H groups in total. The quantitative estimate of drug-likeness (QED) is 0.523. The number of aryl methyl sites for hydroxylation is 2. The summed E-state index contributed by atoms with van der Waals surface area (Å²) in [5, 5.41) is 1.43. The topological polar surface area (TPSA) is 51.7 Å². The molecule has 2 aromatic carbocycles. The molecule has 0 atom stereocenters. The molecule has 5 nitrogen and oxygen atoms in total. The Bertz CT molecular complexity index is 1040. The van der Waals surface area contributed by atoms with Crippen LogP contribution in [-0.4, -0.2) is 43.2 Å². The maximum absolute atomic E-state index is 13.2. The summed E-state index contributed by atoms with van der Waals surface area (Å²) in [5.74, 6) is 0.394. The number of carbonyl (C=O) groups is 1. The number of hydrogen-bond donors (Lipinski definition) is 0. The van der Waals surface area contributed by atoms with Crippen molar-refractivity contribution in [2.45, 2.75) is 20.4 Å². The molecule has 0 aliphatic heterocycles. The van der Waals surface area contributed by atoms with Gasteiger partial charge in [0.05, 0.1) is 24.8 Å². The fourth-order valence-electron chi connectivity index (χ4n) is 3.41. The van der Waals surface area contributed by atoms with Gasteiger partial charge in [-0.25, -0.2) is 4.98 Å². The number of hydrogen-bond acceptors (Lipinski definition) is 4. The van der Waals surface area contributed by atoms with Crippen molar-refractivity contribution in [2.24, 2.45) is 0 Å². The lowest BCUT2D eigenvalue weighted by Crippen LogP contribution is -2.34. The van der Waals surface area contributed by atoms with Crippen LogP contribution in [0.5, 0.6) is 5.75 Å². The van der Waals surface area contributed by atoms with E-state index in [9.17, 15) is 4.79 Å². The van der Waals surface area contributed by atoms with Crippen molar-refractivity contribution in [2.75, 3.05) is 27.4 Å². The van der Waals surface area contributed by atoms with Gasteiger partial charge in [0.25, 0.3) is 5.91 Å². The number of carbonyl (C=O) groups excluding carboxylic acids is 1. The molecule has 0 aliphatic rings. The molecule has 1 aromatic heterocycles. The second-order valence-corrected chi connectivity index (χ2v) is 7.36. The van der Waals surface area contributed by atoms with Gasteiger partial charge in [-0.15, -0.1) is 0 Å². The molecule has 29 heavy (non-hydrogen) atoms. The maximum Gasteiger partial charge on any atom is 0.257 e. The van der Waals surface area contributed by atoms with Gasteiger partial charge in [0.1, 0.15) is 10.9 Å². The number of methoxy groups -OCH3 is 2. The predicted molar refractivity (Wildman–Crippen MR) is 116 cm³/mol. The Morgan fingerprint density at radius 3 is 2.62 bits per heavy atom. The van der Waals surface area contributed by atoms with E-state index in [2.05, 4.69) is 18.0 Å². The molecular formula is C23H25ClN2O3. The highest BCUT2D eigenvalue weighted by Gasteiger charge is 2.21. The molecule has 6 heteroatoms. The zero-order valence-electron chi connectivity index (χ0n) is 17.2. The van der Waals surface area contributed by atoms with Crippen molar-refractivity contribution in [1.29, 1.82) is 0 Å². The highest BCUT2D eigenvalue weighted by Crippen LogP contribution is 2.27. The van der Waals surface area contributed by atoms with Crippen LogP contribution in [0, 0.1) is 13.8 Å². The summed E-state index contributed by atoms with van der Waals surface area (Å²) >= 11 is 6.49. The number of pyridine rings is 1. The summed E-state index contributed by atoms with van der Waals surface area (Å²) in [5.41, 5.74) is 4.42. The first-order valence-electron chi connectivity index (χ1n) is 9.42. The van der Waals surface area contributed by atoms with E-state index in [4.69, 9.17) is 21.1 Å². The minimum Gasteiger partial charge on any atom is -0.496 e. The van der Waals surface area contributed by atoms with Crippen LogP contribution in [0.2, 0.25) is 5.15 Å². The summed E-state index contributed by atoms with van der Waals surface area (Å²) in [6.45, 7) is 5.26. The van der Waals surface area contributed by atoms with Crippen LogP contribution in [-0.2, 0) is 11.3 Å². The SMILES string of the molecule is COCCN(Cc1cc2c(C)cc(C)cc2nc1Cl)C(=O)c1ccccc1OC. The van der Waals surface area contributed by atoms with Crippen molar-refractivity contribution < 1.29 is 14.3 Å². The molecular weight excluding hydrogens is 388 g/mol. The van der Waals surface area contributed by atoms with Gasteiger partial charge in [0, 0.05) is 31.1 Å². The zero-order valence-corrected chi connectivity index (χ0v) is 17.9. The van der Waals surface area contributed by atoms with Crippen LogP contribution < -0.4 is 4.74 Å². The second-order valence-electron chi connectivity index (χ2n) is 7.01. The van der Waals surface area contributed by atoms with E-state index in [1.807, 2.05) is 31.2 Å². The number of fused-ring (bicyclic) bond motifs is 1. The van der Waals surface area contributed by atoms with Crippen molar-refractivity contribution in [3.63, 3.8) is 0 Å². The van der Waals surface area contributed by atoms with Crippen molar-refractivity contribution >= 4 is 28.4 Å². The summed E-state index contributed by atoms with van der Waals surface area (Å²) in [4.78, 5) is 19.5. The number of amides is 1. The molecule has 0 bridgehead atoms. The smallest absolute Gasteiger partial charge is 0.257 e. The minimum absolute atomic E-state index is 0.142. The Hall–Kier alpha value is -2.63. The monoisotopic (exact) mass is 412 g/mol. The van der Waals surface area contributed by atoms with Crippen LogP contribution >= 0.6 is 11.6 Å². The van der Waals surface area contributed by atoms with Gasteiger partial charge in [-0.2, -0.15) is 0 Å². The first-order chi connectivity index (χ1) is 13.9. The molecule has 3 aromatic rings. The van der Waals surface area contributed by atoms with Crippen LogP contribution in [0.4, 0.5) is 0 Å². The van der Waals surface area contributed by atoms with Gasteiger partial charge in [-0.05, 0) is 49.2 Å². The fraction of sp³-hybridized carbons (Fsp3) is 0.304. The number of para-hydroxylation sites is 1. The maximum atomic E-state index is 13.2. The lowest BCUT2D eigenvalue weighted by Gasteiger charge is -2.24. The molecule has 3 rings (SSSR count). The molecule has 152 valence electrons. The lowest BCUT2D eigenvalue weighted by molar-refractivity contribution is 0.0677. The first-order valence-corrected chi connectivity index (χ1v) is 9.80. The van der Waals surface area contributed by atoms with Gasteiger partial charge >= 0.3 is 0 Å². The minimum atomic E-state index is -0.142. The Balaban J connectivity index is 1.98. The molecule has 0 unspecified atom stereocenters. The average molecular weight is 413 g/mol. The normalized spacial score (nSPS) is 10.9. The predicted octanol–water partition coefficient (Wildman–Crippen LogP) is 4.80.